The number of hydrogen-bond donors (Lipinski definition) is 0. The fourth-order valence-corrected chi connectivity index (χ4v) is 1.88. The Morgan fingerprint density at radius 1 is 1.44 bits per heavy atom. The number of pyridine rings is 1. The molecule has 1 aromatic rings. The Morgan fingerprint density at radius 2 is 2.06 bits per heavy atom. The van der Waals surface area contributed by atoms with E-state index in [1.807, 2.05) is 45.9 Å². The Hall–Kier alpha value is -0.550. The minimum atomic E-state index is -1.24. The van der Waals surface area contributed by atoms with Crippen LogP contribution < -0.4 is 0 Å². The highest BCUT2D eigenvalue weighted by atomic mass is 79.9. The fraction of sp³-hybridized carbons (Fsp3) is 0.455. The van der Waals surface area contributed by atoms with E-state index in [2.05, 4.69) is 25.3 Å². The smallest absolute Gasteiger partial charge is 0.145 e. The van der Waals surface area contributed by atoms with Gasteiger partial charge in [0.2, 0.25) is 0 Å². The lowest BCUT2D eigenvalue weighted by Crippen LogP contribution is -2.20. The summed E-state index contributed by atoms with van der Waals surface area (Å²) in [5.41, 5.74) is 1.43. The van der Waals surface area contributed by atoms with Crippen molar-refractivity contribution in [2.24, 2.45) is 4.40 Å². The first-order valence-corrected chi connectivity index (χ1v) is 6.81. The van der Waals surface area contributed by atoms with Gasteiger partial charge in [-0.15, -0.1) is 0 Å². The Morgan fingerprint density at radius 3 is 2.56 bits per heavy atom. The molecule has 1 aromatic heterocycles. The van der Waals surface area contributed by atoms with Crippen molar-refractivity contribution in [3.8, 4) is 0 Å². The Kier molecular flexibility index (Phi) is 4.38. The van der Waals surface area contributed by atoms with Crippen LogP contribution in [0.1, 0.15) is 33.4 Å². The van der Waals surface area contributed by atoms with E-state index < -0.39 is 11.0 Å². The summed E-state index contributed by atoms with van der Waals surface area (Å²) >= 11 is 3.29. The van der Waals surface area contributed by atoms with E-state index in [1.54, 1.807) is 0 Å². The molecular formula is C11H15BrN2OS. The van der Waals surface area contributed by atoms with Gasteiger partial charge in [-0.1, -0.05) is 6.07 Å². The van der Waals surface area contributed by atoms with Crippen LogP contribution in [0.5, 0.6) is 0 Å². The van der Waals surface area contributed by atoms with Gasteiger partial charge >= 0.3 is 0 Å². The summed E-state index contributed by atoms with van der Waals surface area (Å²) in [7, 11) is -1.24. The zero-order chi connectivity index (χ0) is 12.3. The van der Waals surface area contributed by atoms with Crippen LogP contribution in [-0.2, 0) is 11.0 Å². The minimum absolute atomic E-state index is 0.340. The van der Waals surface area contributed by atoms with Gasteiger partial charge < -0.3 is 0 Å². The third-order valence-corrected chi connectivity index (χ3v) is 3.76. The standard InChI is InChI=1S/C11H15BrN2OS/c1-8(14-16(15)11(2,3)4)9-6-5-7-10(12)13-9/h5-7H,1-4H3/b14-8-. The van der Waals surface area contributed by atoms with Crippen LogP contribution in [0.3, 0.4) is 0 Å². The zero-order valence-electron chi connectivity index (χ0n) is 9.82. The van der Waals surface area contributed by atoms with Gasteiger partial charge in [0.05, 0.1) is 16.2 Å². The van der Waals surface area contributed by atoms with Gasteiger partial charge in [0.15, 0.2) is 0 Å². The molecule has 0 bridgehead atoms. The van der Waals surface area contributed by atoms with Crippen molar-refractivity contribution in [1.82, 2.24) is 4.98 Å². The summed E-state index contributed by atoms with van der Waals surface area (Å²) in [6.45, 7) is 7.51. The zero-order valence-corrected chi connectivity index (χ0v) is 12.2. The van der Waals surface area contributed by atoms with E-state index in [0.29, 0.717) is 5.71 Å². The number of rotatable bonds is 2. The molecule has 0 spiro atoms. The van der Waals surface area contributed by atoms with Gasteiger partial charge in [-0.25, -0.2) is 9.19 Å². The predicted octanol–water partition coefficient (Wildman–Crippen LogP) is 3.12. The summed E-state index contributed by atoms with van der Waals surface area (Å²) in [6, 6.07) is 5.58. The SMILES string of the molecule is C/C(=N/S(=O)C(C)(C)C)c1cccc(Br)n1. The highest BCUT2D eigenvalue weighted by Gasteiger charge is 2.19. The maximum atomic E-state index is 11.8. The molecule has 0 fully saturated rings. The molecule has 1 heterocycles. The molecule has 1 unspecified atom stereocenters. The molecule has 0 aliphatic carbocycles. The van der Waals surface area contributed by atoms with Crippen molar-refractivity contribution in [2.75, 3.05) is 0 Å². The van der Waals surface area contributed by atoms with Gasteiger partial charge in [-0.2, -0.15) is 4.40 Å². The minimum Gasteiger partial charge on any atom is -0.240 e. The van der Waals surface area contributed by atoms with Crippen LogP contribution in [0.2, 0.25) is 0 Å². The van der Waals surface area contributed by atoms with E-state index >= 15 is 0 Å². The first-order valence-electron chi connectivity index (χ1n) is 4.91. The van der Waals surface area contributed by atoms with Crippen molar-refractivity contribution in [3.63, 3.8) is 0 Å². The van der Waals surface area contributed by atoms with Gasteiger partial charge in [0.1, 0.15) is 15.6 Å². The number of nitrogens with zero attached hydrogens (tertiary/aromatic N) is 2. The quantitative estimate of drug-likeness (QED) is 0.622. The molecular weight excluding hydrogens is 288 g/mol. The molecule has 0 N–H and O–H groups in total. The molecule has 0 aliphatic heterocycles. The Labute approximate surface area is 107 Å². The highest BCUT2D eigenvalue weighted by Crippen LogP contribution is 2.14. The third kappa shape index (κ3) is 3.79. The molecule has 0 saturated heterocycles. The van der Waals surface area contributed by atoms with E-state index in [9.17, 15) is 4.21 Å². The number of halogens is 1. The molecule has 16 heavy (non-hydrogen) atoms. The van der Waals surface area contributed by atoms with Crippen molar-refractivity contribution in [2.45, 2.75) is 32.4 Å². The lowest BCUT2D eigenvalue weighted by molar-refractivity contribution is 0.650. The second-order valence-electron chi connectivity index (χ2n) is 4.38. The number of hydrogen-bond acceptors (Lipinski definition) is 2. The second-order valence-corrected chi connectivity index (χ2v) is 7.10. The average molecular weight is 303 g/mol. The van der Waals surface area contributed by atoms with Crippen LogP contribution in [0.15, 0.2) is 27.2 Å². The second kappa shape index (κ2) is 5.19. The summed E-state index contributed by atoms with van der Waals surface area (Å²) in [5.74, 6) is 0. The van der Waals surface area contributed by atoms with Gasteiger partial charge in [-0.3, -0.25) is 0 Å². The molecule has 88 valence electrons. The normalized spacial score (nSPS) is 14.9. The number of aromatic nitrogens is 1. The van der Waals surface area contributed by atoms with Gasteiger partial charge in [0.25, 0.3) is 0 Å². The van der Waals surface area contributed by atoms with E-state index in [4.69, 9.17) is 0 Å². The molecule has 1 rings (SSSR count). The maximum Gasteiger partial charge on any atom is 0.145 e. The topological polar surface area (TPSA) is 42.3 Å². The van der Waals surface area contributed by atoms with Crippen molar-refractivity contribution in [1.29, 1.82) is 0 Å². The van der Waals surface area contributed by atoms with Crippen LogP contribution in [0.25, 0.3) is 0 Å². The molecule has 0 radical (unpaired) electrons. The summed E-state index contributed by atoms with van der Waals surface area (Å²) in [5, 5.41) is 0. The first-order chi connectivity index (χ1) is 7.30. The van der Waals surface area contributed by atoms with Crippen LogP contribution in [0.4, 0.5) is 0 Å². The van der Waals surface area contributed by atoms with Gasteiger partial charge in [0, 0.05) is 0 Å². The summed E-state index contributed by atoms with van der Waals surface area (Å²) in [6.07, 6.45) is 0. The van der Waals surface area contributed by atoms with Crippen molar-refractivity contribution in [3.05, 3.63) is 28.5 Å². The largest absolute Gasteiger partial charge is 0.240 e. The van der Waals surface area contributed by atoms with Crippen LogP contribution in [-0.4, -0.2) is 19.7 Å². The Bertz CT molecular complexity index is 438. The van der Waals surface area contributed by atoms with E-state index in [-0.39, 0.29) is 4.75 Å². The van der Waals surface area contributed by atoms with Crippen molar-refractivity contribution >= 4 is 32.6 Å². The highest BCUT2D eigenvalue weighted by molar-refractivity contribution is 9.10. The summed E-state index contributed by atoms with van der Waals surface area (Å²) < 4.78 is 16.4. The third-order valence-electron chi connectivity index (χ3n) is 1.83. The van der Waals surface area contributed by atoms with Crippen LogP contribution >= 0.6 is 15.9 Å². The summed E-state index contributed by atoms with van der Waals surface area (Å²) in [4.78, 5) is 4.26. The molecule has 0 aliphatic rings. The molecule has 0 saturated carbocycles. The monoisotopic (exact) mass is 302 g/mol. The molecule has 0 amide bonds. The molecule has 0 aromatic carbocycles. The predicted molar refractivity (Wildman–Crippen MR) is 72.0 cm³/mol. The fourth-order valence-electron chi connectivity index (χ4n) is 0.918. The Balaban J connectivity index is 2.99. The lowest BCUT2D eigenvalue weighted by atomic mass is 10.3. The lowest BCUT2D eigenvalue weighted by Gasteiger charge is -2.13. The molecule has 5 heteroatoms. The molecule has 1 atom stereocenters. The average Bonchev–Trinajstić information content (AvgIpc) is 2.16. The first kappa shape index (κ1) is 13.5. The van der Waals surface area contributed by atoms with Gasteiger partial charge in [-0.05, 0) is 55.8 Å². The van der Waals surface area contributed by atoms with Crippen molar-refractivity contribution < 1.29 is 4.21 Å². The maximum absolute atomic E-state index is 11.8. The van der Waals surface area contributed by atoms with Crippen LogP contribution in [0, 0.1) is 0 Å². The van der Waals surface area contributed by atoms with E-state index in [0.717, 1.165) is 10.3 Å². The molecule has 3 nitrogen and oxygen atoms in total. The van der Waals surface area contributed by atoms with E-state index in [1.165, 1.54) is 0 Å².